The minimum absolute atomic E-state index is 0.640. The summed E-state index contributed by atoms with van der Waals surface area (Å²) in [4.78, 5) is 8.50. The van der Waals surface area contributed by atoms with Crippen molar-refractivity contribution in [3.8, 4) is 5.88 Å². The highest BCUT2D eigenvalue weighted by Gasteiger charge is 2.01. The van der Waals surface area contributed by atoms with E-state index in [-0.39, 0.29) is 0 Å². The van der Waals surface area contributed by atoms with Crippen LogP contribution in [-0.2, 0) is 13.1 Å². The number of halogens is 1. The van der Waals surface area contributed by atoms with Gasteiger partial charge in [0, 0.05) is 37.4 Å². The van der Waals surface area contributed by atoms with Crippen LogP contribution in [0, 0.1) is 0 Å². The molecule has 5 nitrogen and oxygen atoms in total. The van der Waals surface area contributed by atoms with E-state index in [1.807, 2.05) is 42.6 Å². The van der Waals surface area contributed by atoms with E-state index in [1.54, 1.807) is 7.05 Å². The molecule has 0 saturated carbocycles. The Morgan fingerprint density at radius 1 is 1.08 bits per heavy atom. The van der Waals surface area contributed by atoms with Crippen molar-refractivity contribution in [3.05, 3.63) is 58.7 Å². The van der Waals surface area contributed by atoms with Gasteiger partial charge >= 0.3 is 0 Å². The zero-order valence-corrected chi connectivity index (χ0v) is 14.8. The van der Waals surface area contributed by atoms with Crippen molar-refractivity contribution in [2.24, 2.45) is 4.99 Å². The first-order valence-electron chi connectivity index (χ1n) is 7.98. The van der Waals surface area contributed by atoms with Crippen molar-refractivity contribution in [2.45, 2.75) is 26.4 Å². The number of guanidine groups is 1. The third kappa shape index (κ3) is 6.08. The first-order valence-corrected chi connectivity index (χ1v) is 8.35. The van der Waals surface area contributed by atoms with Crippen molar-refractivity contribution in [1.82, 2.24) is 15.6 Å². The Morgan fingerprint density at radius 2 is 1.75 bits per heavy atom. The van der Waals surface area contributed by atoms with Gasteiger partial charge in [0.15, 0.2) is 5.96 Å². The molecule has 1 heterocycles. The Labute approximate surface area is 148 Å². The fourth-order valence-electron chi connectivity index (χ4n) is 2.00. The van der Waals surface area contributed by atoms with Crippen LogP contribution in [0.4, 0.5) is 0 Å². The second-order valence-corrected chi connectivity index (χ2v) is 5.70. The molecule has 24 heavy (non-hydrogen) atoms. The summed E-state index contributed by atoms with van der Waals surface area (Å²) in [5, 5.41) is 7.26. The smallest absolute Gasteiger partial charge is 0.213 e. The summed E-state index contributed by atoms with van der Waals surface area (Å²) in [7, 11) is 1.75. The molecular formula is C18H23ClN4O. The van der Waals surface area contributed by atoms with E-state index in [4.69, 9.17) is 16.3 Å². The summed E-state index contributed by atoms with van der Waals surface area (Å²) in [6.07, 6.45) is 2.78. The first-order chi connectivity index (χ1) is 11.7. The minimum atomic E-state index is 0.640. The fraction of sp³-hybridized carbons (Fsp3) is 0.333. The van der Waals surface area contributed by atoms with Crippen LogP contribution >= 0.6 is 11.6 Å². The Kier molecular flexibility index (Phi) is 7.36. The molecule has 2 rings (SSSR count). The maximum Gasteiger partial charge on any atom is 0.213 e. The minimum Gasteiger partial charge on any atom is -0.478 e. The molecule has 2 aromatic rings. The monoisotopic (exact) mass is 346 g/mol. The van der Waals surface area contributed by atoms with Gasteiger partial charge in [0.25, 0.3) is 0 Å². The van der Waals surface area contributed by atoms with Crippen LogP contribution in [0.15, 0.2) is 47.6 Å². The predicted molar refractivity (Wildman–Crippen MR) is 98.5 cm³/mol. The van der Waals surface area contributed by atoms with Gasteiger partial charge in [-0.3, -0.25) is 4.99 Å². The summed E-state index contributed by atoms with van der Waals surface area (Å²) >= 11 is 5.89. The van der Waals surface area contributed by atoms with Crippen LogP contribution in [-0.4, -0.2) is 24.6 Å². The van der Waals surface area contributed by atoms with Crippen LogP contribution in [0.5, 0.6) is 5.88 Å². The van der Waals surface area contributed by atoms with Crippen LogP contribution in [0.3, 0.4) is 0 Å². The third-order valence-corrected chi connectivity index (χ3v) is 3.56. The van der Waals surface area contributed by atoms with Crippen molar-refractivity contribution in [3.63, 3.8) is 0 Å². The van der Waals surface area contributed by atoms with Crippen LogP contribution in [0.25, 0.3) is 0 Å². The van der Waals surface area contributed by atoms with Gasteiger partial charge < -0.3 is 15.4 Å². The van der Waals surface area contributed by atoms with Crippen LogP contribution in [0.1, 0.15) is 24.5 Å². The molecule has 1 aromatic carbocycles. The standard InChI is InChI=1S/C18H23ClN4O/c1-3-10-24-17-9-6-15(12-21-17)13-23-18(20-2)22-11-14-4-7-16(19)8-5-14/h4-9,12H,3,10-11,13H2,1-2H3,(H2,20,22,23). The average molecular weight is 347 g/mol. The van der Waals surface area contributed by atoms with Crippen LogP contribution < -0.4 is 15.4 Å². The fourth-order valence-corrected chi connectivity index (χ4v) is 2.13. The van der Waals surface area contributed by atoms with Gasteiger partial charge in [-0.2, -0.15) is 0 Å². The first kappa shape index (κ1) is 18.1. The van der Waals surface area contributed by atoms with Gasteiger partial charge in [-0.15, -0.1) is 0 Å². The van der Waals surface area contributed by atoms with Gasteiger partial charge in [0.2, 0.25) is 5.88 Å². The Hall–Kier alpha value is -2.27. The normalized spacial score (nSPS) is 11.2. The lowest BCUT2D eigenvalue weighted by atomic mass is 10.2. The van der Waals surface area contributed by atoms with E-state index in [0.29, 0.717) is 25.6 Å². The molecule has 2 N–H and O–H groups in total. The topological polar surface area (TPSA) is 58.5 Å². The number of aliphatic imine (C=N–C) groups is 1. The average Bonchev–Trinajstić information content (AvgIpc) is 2.62. The quantitative estimate of drug-likeness (QED) is 0.596. The summed E-state index contributed by atoms with van der Waals surface area (Å²) in [6, 6.07) is 11.6. The van der Waals surface area contributed by atoms with E-state index in [2.05, 4.69) is 27.5 Å². The molecule has 0 amide bonds. The molecule has 1 aromatic heterocycles. The summed E-state index contributed by atoms with van der Waals surface area (Å²) in [6.45, 7) is 4.08. The molecule has 0 atom stereocenters. The van der Waals surface area contributed by atoms with Crippen molar-refractivity contribution < 1.29 is 4.74 Å². The zero-order chi connectivity index (χ0) is 17.2. The molecule has 0 radical (unpaired) electrons. The maximum absolute atomic E-state index is 5.89. The lowest BCUT2D eigenvalue weighted by Gasteiger charge is -2.12. The molecule has 0 spiro atoms. The third-order valence-electron chi connectivity index (χ3n) is 3.31. The zero-order valence-electron chi connectivity index (χ0n) is 14.1. The Morgan fingerprint density at radius 3 is 2.33 bits per heavy atom. The molecule has 0 saturated heterocycles. The van der Waals surface area contributed by atoms with Crippen molar-refractivity contribution >= 4 is 17.6 Å². The lowest BCUT2D eigenvalue weighted by Crippen LogP contribution is -2.36. The molecule has 0 aliphatic heterocycles. The maximum atomic E-state index is 5.89. The molecule has 0 aliphatic carbocycles. The number of benzene rings is 1. The predicted octanol–water partition coefficient (Wildman–Crippen LogP) is 3.39. The lowest BCUT2D eigenvalue weighted by molar-refractivity contribution is 0.305. The van der Waals surface area contributed by atoms with E-state index >= 15 is 0 Å². The highest BCUT2D eigenvalue weighted by Crippen LogP contribution is 2.09. The van der Waals surface area contributed by atoms with Crippen molar-refractivity contribution in [1.29, 1.82) is 0 Å². The Balaban J connectivity index is 1.79. The molecule has 6 heteroatoms. The van der Waals surface area contributed by atoms with Gasteiger partial charge in [-0.25, -0.2) is 4.98 Å². The highest BCUT2D eigenvalue weighted by molar-refractivity contribution is 6.30. The van der Waals surface area contributed by atoms with E-state index in [1.165, 1.54) is 0 Å². The second kappa shape index (κ2) is 9.78. The largest absolute Gasteiger partial charge is 0.478 e. The van der Waals surface area contributed by atoms with Gasteiger partial charge in [-0.1, -0.05) is 36.7 Å². The molecule has 0 unspecified atom stereocenters. The van der Waals surface area contributed by atoms with Crippen molar-refractivity contribution in [2.75, 3.05) is 13.7 Å². The van der Waals surface area contributed by atoms with E-state index in [0.717, 1.165) is 28.5 Å². The highest BCUT2D eigenvalue weighted by atomic mass is 35.5. The molecular weight excluding hydrogens is 324 g/mol. The van der Waals surface area contributed by atoms with E-state index < -0.39 is 0 Å². The summed E-state index contributed by atoms with van der Waals surface area (Å²) in [5.41, 5.74) is 2.20. The SMILES string of the molecule is CCCOc1ccc(CNC(=NC)NCc2ccc(Cl)cc2)cn1. The number of hydrogen-bond donors (Lipinski definition) is 2. The number of nitrogens with one attached hydrogen (secondary N) is 2. The number of nitrogens with zero attached hydrogens (tertiary/aromatic N) is 2. The summed E-state index contributed by atoms with van der Waals surface area (Å²) in [5.74, 6) is 1.39. The van der Waals surface area contributed by atoms with Gasteiger partial charge in [-0.05, 0) is 29.7 Å². The second-order valence-electron chi connectivity index (χ2n) is 5.26. The van der Waals surface area contributed by atoms with Crippen LogP contribution in [0.2, 0.25) is 5.02 Å². The summed E-state index contributed by atoms with van der Waals surface area (Å²) < 4.78 is 5.48. The number of hydrogen-bond acceptors (Lipinski definition) is 3. The van der Waals surface area contributed by atoms with Gasteiger partial charge in [0.1, 0.15) is 0 Å². The molecule has 0 aliphatic rings. The number of aromatic nitrogens is 1. The molecule has 0 bridgehead atoms. The number of pyridine rings is 1. The number of rotatable bonds is 7. The molecule has 128 valence electrons. The van der Waals surface area contributed by atoms with Gasteiger partial charge in [0.05, 0.1) is 6.61 Å². The Bertz CT molecular complexity index is 641. The van der Waals surface area contributed by atoms with E-state index in [9.17, 15) is 0 Å². The number of ether oxygens (including phenoxy) is 1. The molecule has 0 fully saturated rings.